The topological polar surface area (TPSA) is 38.0 Å². The van der Waals surface area contributed by atoms with Crippen molar-refractivity contribution >= 4 is 0 Å². The molecule has 0 aromatic carbocycles. The lowest BCUT2D eigenvalue weighted by atomic mass is 9.64. The summed E-state index contributed by atoms with van der Waals surface area (Å²) in [5.74, 6) is 0. The van der Waals surface area contributed by atoms with Gasteiger partial charge in [-0.05, 0) is 26.7 Å². The zero-order valence-corrected chi connectivity index (χ0v) is 9.17. The largest absolute Gasteiger partial charge is 0.395 e. The molecular weight excluding hydrogens is 176 g/mol. The first-order chi connectivity index (χ1) is 6.60. The van der Waals surface area contributed by atoms with Crippen molar-refractivity contribution in [3.63, 3.8) is 0 Å². The molecule has 1 heterocycles. The van der Waals surface area contributed by atoms with Crippen LogP contribution in [0.5, 0.6) is 0 Å². The summed E-state index contributed by atoms with van der Waals surface area (Å²) in [6, 6.07) is 0. The van der Waals surface area contributed by atoms with Crippen molar-refractivity contribution in [1.29, 1.82) is 0 Å². The molecule has 78 valence electrons. The molecule has 1 N–H and O–H groups in total. The first-order valence-electron chi connectivity index (χ1n) is 5.22. The van der Waals surface area contributed by atoms with Crippen molar-refractivity contribution in [2.75, 3.05) is 6.61 Å². The molecule has 2 rings (SSSR count). The Morgan fingerprint density at radius 1 is 1.43 bits per heavy atom. The van der Waals surface area contributed by atoms with Gasteiger partial charge in [-0.25, -0.2) is 0 Å². The molecule has 14 heavy (non-hydrogen) atoms. The molecule has 0 radical (unpaired) electrons. The molecule has 0 amide bonds. The lowest BCUT2D eigenvalue weighted by Gasteiger charge is -2.41. The predicted octanol–water partition coefficient (Wildman–Crippen LogP) is 1.45. The Labute approximate surface area is 84.7 Å². The maximum absolute atomic E-state index is 9.51. The van der Waals surface area contributed by atoms with Crippen LogP contribution in [-0.2, 0) is 12.5 Å². The highest BCUT2D eigenvalue weighted by Gasteiger charge is 2.41. The molecule has 0 unspecified atom stereocenters. The summed E-state index contributed by atoms with van der Waals surface area (Å²) >= 11 is 0. The molecule has 1 aliphatic carbocycles. The second-order valence-corrected chi connectivity index (χ2v) is 4.46. The first kappa shape index (κ1) is 9.71. The summed E-state index contributed by atoms with van der Waals surface area (Å²) in [5.41, 5.74) is 3.60. The van der Waals surface area contributed by atoms with Crippen molar-refractivity contribution in [1.82, 2.24) is 9.78 Å². The van der Waals surface area contributed by atoms with Crippen LogP contribution in [0, 0.1) is 13.8 Å². The smallest absolute Gasteiger partial charge is 0.0634 e. The van der Waals surface area contributed by atoms with Crippen LogP contribution in [0.3, 0.4) is 0 Å². The minimum absolute atomic E-state index is 0.0302. The van der Waals surface area contributed by atoms with Crippen LogP contribution in [-0.4, -0.2) is 21.5 Å². The van der Waals surface area contributed by atoms with E-state index in [2.05, 4.69) is 12.0 Å². The molecule has 0 atom stereocenters. The van der Waals surface area contributed by atoms with Gasteiger partial charge >= 0.3 is 0 Å². The molecule has 1 fully saturated rings. The summed E-state index contributed by atoms with van der Waals surface area (Å²) in [5, 5.41) is 13.9. The van der Waals surface area contributed by atoms with E-state index in [1.165, 1.54) is 17.7 Å². The maximum Gasteiger partial charge on any atom is 0.0634 e. The number of aliphatic hydroxyl groups is 1. The molecule has 0 aliphatic heterocycles. The van der Waals surface area contributed by atoms with Gasteiger partial charge in [0.2, 0.25) is 0 Å². The Balaban J connectivity index is 2.49. The van der Waals surface area contributed by atoms with E-state index in [4.69, 9.17) is 0 Å². The fourth-order valence-electron chi connectivity index (χ4n) is 2.63. The molecule has 1 aromatic rings. The molecule has 1 aliphatic rings. The van der Waals surface area contributed by atoms with Gasteiger partial charge in [-0.15, -0.1) is 0 Å². The van der Waals surface area contributed by atoms with E-state index in [0.29, 0.717) is 0 Å². The molecule has 3 heteroatoms. The molecule has 0 spiro atoms. The van der Waals surface area contributed by atoms with E-state index < -0.39 is 0 Å². The summed E-state index contributed by atoms with van der Waals surface area (Å²) < 4.78 is 1.92. The standard InChI is InChI=1S/C11H18N2O/c1-8-10(9(2)13(3)12-8)11(7-14)5-4-6-11/h14H,4-7H2,1-3H3. The Bertz CT molecular complexity index is 345. The van der Waals surface area contributed by atoms with E-state index >= 15 is 0 Å². The molecule has 0 bridgehead atoms. The number of rotatable bonds is 2. The number of aromatic nitrogens is 2. The van der Waals surface area contributed by atoms with Crippen LogP contribution in [0.4, 0.5) is 0 Å². The van der Waals surface area contributed by atoms with Crippen LogP contribution in [0.15, 0.2) is 0 Å². The van der Waals surface area contributed by atoms with Crippen molar-refractivity contribution in [3.05, 3.63) is 17.0 Å². The van der Waals surface area contributed by atoms with Gasteiger partial charge in [0.15, 0.2) is 0 Å². The average Bonchev–Trinajstić information content (AvgIpc) is 2.31. The second-order valence-electron chi connectivity index (χ2n) is 4.46. The quantitative estimate of drug-likeness (QED) is 0.774. The highest BCUT2D eigenvalue weighted by atomic mass is 16.3. The van der Waals surface area contributed by atoms with Crippen molar-refractivity contribution in [3.8, 4) is 0 Å². The number of aryl methyl sites for hydroxylation is 2. The Hall–Kier alpha value is -0.830. The SMILES string of the molecule is Cc1nn(C)c(C)c1C1(CO)CCC1. The first-order valence-corrected chi connectivity index (χ1v) is 5.22. The maximum atomic E-state index is 9.51. The summed E-state index contributed by atoms with van der Waals surface area (Å²) in [7, 11) is 1.97. The fourth-order valence-corrected chi connectivity index (χ4v) is 2.63. The third-order valence-corrected chi connectivity index (χ3v) is 3.65. The summed E-state index contributed by atoms with van der Waals surface area (Å²) in [6.45, 7) is 4.39. The van der Waals surface area contributed by atoms with Crippen LogP contribution in [0.25, 0.3) is 0 Å². The van der Waals surface area contributed by atoms with Crippen molar-refractivity contribution in [2.45, 2.75) is 38.5 Å². The van der Waals surface area contributed by atoms with Crippen LogP contribution >= 0.6 is 0 Å². The van der Waals surface area contributed by atoms with Crippen LogP contribution < -0.4 is 0 Å². The minimum Gasteiger partial charge on any atom is -0.395 e. The van der Waals surface area contributed by atoms with E-state index in [-0.39, 0.29) is 12.0 Å². The van der Waals surface area contributed by atoms with Crippen molar-refractivity contribution in [2.24, 2.45) is 7.05 Å². The zero-order chi connectivity index (χ0) is 10.3. The van der Waals surface area contributed by atoms with Crippen LogP contribution in [0.1, 0.15) is 36.2 Å². The van der Waals surface area contributed by atoms with Gasteiger partial charge in [0, 0.05) is 23.7 Å². The normalized spacial score (nSPS) is 19.4. The molecule has 0 saturated heterocycles. The van der Waals surface area contributed by atoms with E-state index in [1.807, 2.05) is 18.7 Å². The van der Waals surface area contributed by atoms with Gasteiger partial charge in [-0.1, -0.05) is 6.42 Å². The highest BCUT2D eigenvalue weighted by Crippen LogP contribution is 2.45. The van der Waals surface area contributed by atoms with Gasteiger partial charge in [0.25, 0.3) is 0 Å². The highest BCUT2D eigenvalue weighted by molar-refractivity contribution is 5.35. The van der Waals surface area contributed by atoms with E-state index in [9.17, 15) is 5.11 Å². The third-order valence-electron chi connectivity index (χ3n) is 3.65. The number of hydrogen-bond donors (Lipinski definition) is 1. The molecule has 1 saturated carbocycles. The van der Waals surface area contributed by atoms with Gasteiger partial charge in [0.05, 0.1) is 12.3 Å². The summed E-state index contributed by atoms with van der Waals surface area (Å²) in [6.07, 6.45) is 3.45. The molecule has 3 nitrogen and oxygen atoms in total. The third kappa shape index (κ3) is 1.12. The second kappa shape index (κ2) is 3.09. The van der Waals surface area contributed by atoms with Crippen molar-refractivity contribution < 1.29 is 5.11 Å². The average molecular weight is 194 g/mol. The zero-order valence-electron chi connectivity index (χ0n) is 9.17. The molecule has 1 aromatic heterocycles. The predicted molar refractivity (Wildman–Crippen MR) is 55.3 cm³/mol. The van der Waals surface area contributed by atoms with E-state index in [1.54, 1.807) is 0 Å². The number of nitrogens with zero attached hydrogens (tertiary/aromatic N) is 2. The lowest BCUT2D eigenvalue weighted by Crippen LogP contribution is -2.38. The van der Waals surface area contributed by atoms with Gasteiger partial charge in [-0.2, -0.15) is 5.10 Å². The Kier molecular flexibility index (Phi) is 2.14. The van der Waals surface area contributed by atoms with Crippen LogP contribution in [0.2, 0.25) is 0 Å². The Morgan fingerprint density at radius 3 is 2.36 bits per heavy atom. The van der Waals surface area contributed by atoms with E-state index in [0.717, 1.165) is 18.5 Å². The summed E-state index contributed by atoms with van der Waals surface area (Å²) in [4.78, 5) is 0. The fraction of sp³-hybridized carbons (Fsp3) is 0.727. The molecular formula is C11H18N2O. The lowest BCUT2D eigenvalue weighted by molar-refractivity contribution is 0.119. The van der Waals surface area contributed by atoms with Gasteiger partial charge in [-0.3, -0.25) is 4.68 Å². The monoisotopic (exact) mass is 194 g/mol. The van der Waals surface area contributed by atoms with Gasteiger partial charge in [0.1, 0.15) is 0 Å². The Morgan fingerprint density at radius 2 is 2.07 bits per heavy atom. The van der Waals surface area contributed by atoms with Gasteiger partial charge < -0.3 is 5.11 Å². The number of aliphatic hydroxyl groups excluding tert-OH is 1. The number of hydrogen-bond acceptors (Lipinski definition) is 2. The minimum atomic E-state index is 0.0302.